The molecule has 2 aromatic carbocycles. The standard InChI is InChI=1S/C18H16N4O2S3/c1-12(15(23)19-20-16(24)13-8-4-2-5-9-13)26-17-21-22(18(25)27-17)14-10-6-3-7-11-14/h2-12H,1H3,(H,19,23)(H,20,24)/t12-/m0/s1. The van der Waals surface area contributed by atoms with Crippen LogP contribution in [-0.2, 0) is 4.79 Å². The van der Waals surface area contributed by atoms with Crippen molar-refractivity contribution in [2.24, 2.45) is 0 Å². The van der Waals surface area contributed by atoms with E-state index in [1.165, 1.54) is 23.1 Å². The monoisotopic (exact) mass is 416 g/mol. The average Bonchev–Trinajstić information content (AvgIpc) is 3.07. The molecule has 3 rings (SSSR count). The van der Waals surface area contributed by atoms with Crippen LogP contribution in [0.25, 0.3) is 5.69 Å². The molecule has 3 aromatic rings. The van der Waals surface area contributed by atoms with Crippen molar-refractivity contribution in [3.63, 3.8) is 0 Å². The third-order valence-corrected chi connectivity index (χ3v) is 5.93. The molecule has 0 bridgehead atoms. The molecule has 0 radical (unpaired) electrons. The van der Waals surface area contributed by atoms with Gasteiger partial charge in [0.2, 0.25) is 0 Å². The fourth-order valence-corrected chi connectivity index (χ4v) is 4.63. The number of hydrogen-bond donors (Lipinski definition) is 2. The van der Waals surface area contributed by atoms with Crippen LogP contribution in [0.3, 0.4) is 0 Å². The van der Waals surface area contributed by atoms with Crippen molar-refractivity contribution in [1.82, 2.24) is 20.6 Å². The zero-order chi connectivity index (χ0) is 19.2. The lowest BCUT2D eigenvalue weighted by atomic mass is 10.2. The van der Waals surface area contributed by atoms with Gasteiger partial charge in [0.15, 0.2) is 8.29 Å². The molecule has 0 aliphatic rings. The highest BCUT2D eigenvalue weighted by atomic mass is 32.2. The number of thioether (sulfide) groups is 1. The summed E-state index contributed by atoms with van der Waals surface area (Å²) >= 11 is 7.98. The van der Waals surface area contributed by atoms with Gasteiger partial charge in [-0.05, 0) is 43.4 Å². The van der Waals surface area contributed by atoms with Crippen LogP contribution in [-0.4, -0.2) is 26.8 Å². The molecule has 6 nitrogen and oxygen atoms in total. The van der Waals surface area contributed by atoms with E-state index in [0.717, 1.165) is 5.69 Å². The summed E-state index contributed by atoms with van der Waals surface area (Å²) in [7, 11) is 0. The Hall–Kier alpha value is -2.49. The number of amides is 2. The minimum atomic E-state index is -0.453. The van der Waals surface area contributed by atoms with Gasteiger partial charge in [-0.1, -0.05) is 59.5 Å². The number of para-hydroxylation sites is 1. The lowest BCUT2D eigenvalue weighted by Crippen LogP contribution is -2.44. The number of nitrogens with one attached hydrogen (secondary N) is 2. The highest BCUT2D eigenvalue weighted by molar-refractivity contribution is 8.02. The first kappa shape index (κ1) is 19.3. The average molecular weight is 417 g/mol. The van der Waals surface area contributed by atoms with Crippen molar-refractivity contribution in [2.75, 3.05) is 0 Å². The predicted molar refractivity (Wildman–Crippen MR) is 110 cm³/mol. The number of carbonyl (C=O) groups excluding carboxylic acids is 2. The van der Waals surface area contributed by atoms with Crippen molar-refractivity contribution < 1.29 is 9.59 Å². The number of nitrogens with zero attached hydrogens (tertiary/aromatic N) is 2. The van der Waals surface area contributed by atoms with Crippen molar-refractivity contribution in [3.8, 4) is 5.69 Å². The fraction of sp³-hybridized carbons (Fsp3) is 0.111. The normalized spacial score (nSPS) is 11.6. The quantitative estimate of drug-likeness (QED) is 0.378. The molecule has 138 valence electrons. The lowest BCUT2D eigenvalue weighted by molar-refractivity contribution is -0.121. The van der Waals surface area contributed by atoms with Crippen molar-refractivity contribution in [1.29, 1.82) is 0 Å². The molecule has 2 amide bonds. The van der Waals surface area contributed by atoms with Crippen LogP contribution in [0.1, 0.15) is 17.3 Å². The van der Waals surface area contributed by atoms with Crippen LogP contribution in [0.2, 0.25) is 0 Å². The Bertz CT molecular complexity index is 987. The number of benzene rings is 2. The summed E-state index contributed by atoms with van der Waals surface area (Å²) in [4.78, 5) is 24.2. The van der Waals surface area contributed by atoms with Gasteiger partial charge in [-0.3, -0.25) is 20.4 Å². The van der Waals surface area contributed by atoms with Crippen LogP contribution < -0.4 is 10.9 Å². The van der Waals surface area contributed by atoms with Crippen molar-refractivity contribution in [2.45, 2.75) is 16.5 Å². The first-order chi connectivity index (χ1) is 13.0. The lowest BCUT2D eigenvalue weighted by Gasteiger charge is -2.11. The largest absolute Gasteiger partial charge is 0.272 e. The Morgan fingerprint density at radius 1 is 1.07 bits per heavy atom. The maximum Gasteiger partial charge on any atom is 0.269 e. The molecule has 27 heavy (non-hydrogen) atoms. The molecule has 9 heteroatoms. The maximum atomic E-state index is 12.2. The second kappa shape index (κ2) is 8.94. The van der Waals surface area contributed by atoms with Crippen molar-refractivity contribution >= 4 is 47.1 Å². The maximum absolute atomic E-state index is 12.2. The van der Waals surface area contributed by atoms with Crippen LogP contribution >= 0.6 is 35.3 Å². The highest BCUT2D eigenvalue weighted by Gasteiger charge is 2.18. The second-order valence-corrected chi connectivity index (χ2v) is 8.66. The van der Waals surface area contributed by atoms with E-state index in [9.17, 15) is 9.59 Å². The molecular weight excluding hydrogens is 400 g/mol. The Morgan fingerprint density at radius 2 is 1.70 bits per heavy atom. The smallest absolute Gasteiger partial charge is 0.269 e. The minimum absolute atomic E-state index is 0.323. The summed E-state index contributed by atoms with van der Waals surface area (Å²) in [6, 6.07) is 18.2. The van der Waals surface area contributed by atoms with Gasteiger partial charge in [-0.2, -0.15) is 0 Å². The van der Waals surface area contributed by atoms with E-state index in [1.807, 2.05) is 36.4 Å². The zero-order valence-corrected chi connectivity index (χ0v) is 16.7. The van der Waals surface area contributed by atoms with Gasteiger partial charge < -0.3 is 0 Å². The van der Waals surface area contributed by atoms with Crippen LogP contribution in [0.5, 0.6) is 0 Å². The van der Waals surface area contributed by atoms with E-state index in [4.69, 9.17) is 12.2 Å². The summed E-state index contributed by atoms with van der Waals surface area (Å²) < 4.78 is 2.96. The molecule has 2 N–H and O–H groups in total. The third-order valence-electron chi connectivity index (χ3n) is 3.51. The topological polar surface area (TPSA) is 76.0 Å². The summed E-state index contributed by atoms with van der Waals surface area (Å²) in [6.45, 7) is 1.74. The molecule has 1 atom stereocenters. The third kappa shape index (κ3) is 5.03. The fourth-order valence-electron chi connectivity index (χ4n) is 2.13. The number of hydrogen-bond acceptors (Lipinski definition) is 6. The van der Waals surface area contributed by atoms with Gasteiger partial charge in [0.1, 0.15) is 0 Å². The predicted octanol–water partition coefficient (Wildman–Crippen LogP) is 3.61. The van der Waals surface area contributed by atoms with Crippen LogP contribution in [0.15, 0.2) is 65.0 Å². The van der Waals surface area contributed by atoms with Gasteiger partial charge in [-0.25, -0.2) is 4.68 Å². The summed E-state index contributed by atoms with van der Waals surface area (Å²) in [5.41, 5.74) is 6.20. The molecular formula is C18H16N4O2S3. The van der Waals surface area contributed by atoms with E-state index >= 15 is 0 Å². The number of carbonyl (C=O) groups is 2. The van der Waals surface area contributed by atoms with Gasteiger partial charge in [0.05, 0.1) is 10.9 Å². The summed E-state index contributed by atoms with van der Waals surface area (Å²) in [5, 5.41) is 4.02. The Morgan fingerprint density at radius 3 is 2.37 bits per heavy atom. The molecule has 1 aromatic heterocycles. The number of aromatic nitrogens is 2. The molecule has 0 saturated heterocycles. The van der Waals surface area contributed by atoms with Crippen LogP contribution in [0, 0.1) is 3.95 Å². The Labute approximate surface area is 169 Å². The molecule has 0 aliphatic heterocycles. The molecule has 0 unspecified atom stereocenters. The van der Waals surface area contributed by atoms with E-state index in [0.29, 0.717) is 13.9 Å². The Kier molecular flexibility index (Phi) is 6.38. The SMILES string of the molecule is C[C@H](Sc1nn(-c2ccccc2)c(=S)s1)C(=O)NNC(=O)c1ccccc1. The number of rotatable bonds is 5. The van der Waals surface area contributed by atoms with Gasteiger partial charge in [0.25, 0.3) is 11.8 Å². The first-order valence-corrected chi connectivity index (χ1v) is 10.1. The van der Waals surface area contributed by atoms with E-state index < -0.39 is 5.25 Å². The minimum Gasteiger partial charge on any atom is -0.272 e. The van der Waals surface area contributed by atoms with Crippen LogP contribution in [0.4, 0.5) is 0 Å². The Balaban J connectivity index is 1.59. The molecule has 1 heterocycles. The van der Waals surface area contributed by atoms with Gasteiger partial charge in [-0.15, -0.1) is 5.10 Å². The highest BCUT2D eigenvalue weighted by Crippen LogP contribution is 2.27. The van der Waals surface area contributed by atoms with E-state index in [1.54, 1.807) is 35.9 Å². The molecule has 0 aliphatic carbocycles. The second-order valence-electron chi connectivity index (χ2n) is 5.45. The molecule has 0 fully saturated rings. The zero-order valence-electron chi connectivity index (χ0n) is 14.3. The number of hydrazine groups is 1. The summed E-state index contributed by atoms with van der Waals surface area (Å²) in [5.74, 6) is -0.693. The molecule has 0 saturated carbocycles. The molecule has 0 spiro atoms. The van der Waals surface area contributed by atoms with Crippen molar-refractivity contribution in [3.05, 3.63) is 70.2 Å². The van der Waals surface area contributed by atoms with E-state index in [2.05, 4.69) is 16.0 Å². The summed E-state index contributed by atoms with van der Waals surface area (Å²) in [6.07, 6.45) is 0. The van der Waals surface area contributed by atoms with Gasteiger partial charge in [0, 0.05) is 5.56 Å². The van der Waals surface area contributed by atoms with E-state index in [-0.39, 0.29) is 11.8 Å². The van der Waals surface area contributed by atoms with Gasteiger partial charge >= 0.3 is 0 Å². The first-order valence-electron chi connectivity index (χ1n) is 8.02.